The first-order valence-electron chi connectivity index (χ1n) is 5.85. The normalized spacial score (nSPS) is 9.74. The Labute approximate surface area is 112 Å². The average Bonchev–Trinajstić information content (AvgIpc) is 2.47. The number of benzene rings is 2. The molecule has 0 saturated heterocycles. The minimum absolute atomic E-state index is 0.0876. The molecular formula is C15H15NO3. The first kappa shape index (κ1) is 13.0. The van der Waals surface area contributed by atoms with Gasteiger partial charge in [0.05, 0.1) is 7.11 Å². The van der Waals surface area contributed by atoms with Crippen molar-refractivity contribution in [2.45, 2.75) is 0 Å². The second-order valence-corrected chi connectivity index (χ2v) is 3.80. The standard InChI is InChI=1S/C15H15NO3/c1-17-15(16)11-18-12-7-9-14(10-8-12)19-13-5-3-2-4-6-13/h2-10,16H,11H2,1H3. The highest BCUT2D eigenvalue weighted by molar-refractivity contribution is 5.73. The third-order valence-corrected chi connectivity index (χ3v) is 2.42. The summed E-state index contributed by atoms with van der Waals surface area (Å²) in [6.07, 6.45) is 0. The average molecular weight is 257 g/mol. The summed E-state index contributed by atoms with van der Waals surface area (Å²) in [4.78, 5) is 0. The first-order chi connectivity index (χ1) is 9.28. The summed E-state index contributed by atoms with van der Waals surface area (Å²) in [6, 6.07) is 16.8. The predicted molar refractivity (Wildman–Crippen MR) is 73.2 cm³/mol. The van der Waals surface area contributed by atoms with Crippen molar-refractivity contribution in [3.8, 4) is 17.2 Å². The molecule has 0 heterocycles. The summed E-state index contributed by atoms with van der Waals surface area (Å²) in [5.41, 5.74) is 0. The molecule has 0 unspecified atom stereocenters. The summed E-state index contributed by atoms with van der Waals surface area (Å²) >= 11 is 0. The van der Waals surface area contributed by atoms with Gasteiger partial charge in [-0.25, -0.2) is 0 Å². The van der Waals surface area contributed by atoms with Gasteiger partial charge in [0.2, 0.25) is 5.90 Å². The van der Waals surface area contributed by atoms with Crippen LogP contribution in [0.2, 0.25) is 0 Å². The third kappa shape index (κ3) is 4.03. The molecule has 98 valence electrons. The fraction of sp³-hybridized carbons (Fsp3) is 0.133. The van der Waals surface area contributed by atoms with E-state index in [1.807, 2.05) is 42.5 Å². The molecule has 0 aliphatic rings. The van der Waals surface area contributed by atoms with E-state index in [1.165, 1.54) is 7.11 Å². The third-order valence-electron chi connectivity index (χ3n) is 2.42. The van der Waals surface area contributed by atoms with E-state index in [0.717, 1.165) is 11.5 Å². The Balaban J connectivity index is 1.93. The topological polar surface area (TPSA) is 51.5 Å². The van der Waals surface area contributed by atoms with Crippen molar-refractivity contribution in [3.05, 3.63) is 54.6 Å². The molecule has 0 amide bonds. The maximum atomic E-state index is 7.31. The van der Waals surface area contributed by atoms with Crippen LogP contribution in [0.15, 0.2) is 54.6 Å². The van der Waals surface area contributed by atoms with Crippen LogP contribution in [0.1, 0.15) is 0 Å². The molecule has 0 atom stereocenters. The molecular weight excluding hydrogens is 242 g/mol. The molecule has 4 heteroatoms. The zero-order valence-corrected chi connectivity index (χ0v) is 10.6. The van der Waals surface area contributed by atoms with Gasteiger partial charge in [0.1, 0.15) is 17.2 Å². The summed E-state index contributed by atoms with van der Waals surface area (Å²) in [5, 5.41) is 7.31. The van der Waals surface area contributed by atoms with Crippen LogP contribution in [0.25, 0.3) is 0 Å². The highest BCUT2D eigenvalue weighted by Crippen LogP contribution is 2.23. The largest absolute Gasteiger partial charge is 0.484 e. The lowest BCUT2D eigenvalue weighted by Gasteiger charge is -2.08. The second-order valence-electron chi connectivity index (χ2n) is 3.80. The van der Waals surface area contributed by atoms with E-state index in [2.05, 4.69) is 0 Å². The van der Waals surface area contributed by atoms with Crippen LogP contribution in [0.4, 0.5) is 0 Å². The number of nitrogens with one attached hydrogen (secondary N) is 1. The number of methoxy groups -OCH3 is 1. The number of hydrogen-bond acceptors (Lipinski definition) is 4. The van der Waals surface area contributed by atoms with Gasteiger partial charge in [-0.05, 0) is 36.4 Å². The lowest BCUT2D eigenvalue weighted by atomic mass is 10.3. The smallest absolute Gasteiger partial charge is 0.219 e. The Morgan fingerprint density at radius 3 is 2.11 bits per heavy atom. The lowest BCUT2D eigenvalue weighted by molar-refractivity contribution is 0.309. The van der Waals surface area contributed by atoms with E-state index in [-0.39, 0.29) is 12.5 Å². The Kier molecular flexibility index (Phi) is 4.39. The van der Waals surface area contributed by atoms with Gasteiger partial charge >= 0.3 is 0 Å². The molecule has 0 aliphatic heterocycles. The zero-order chi connectivity index (χ0) is 13.5. The molecule has 0 saturated carbocycles. The zero-order valence-electron chi connectivity index (χ0n) is 10.6. The highest BCUT2D eigenvalue weighted by atomic mass is 16.5. The minimum atomic E-state index is 0.0876. The quantitative estimate of drug-likeness (QED) is 0.659. The van der Waals surface area contributed by atoms with Gasteiger partial charge in [-0.2, -0.15) is 0 Å². The Hall–Kier alpha value is -2.49. The maximum Gasteiger partial charge on any atom is 0.219 e. The van der Waals surface area contributed by atoms with Gasteiger partial charge in [-0.1, -0.05) is 18.2 Å². The van der Waals surface area contributed by atoms with E-state index in [0.29, 0.717) is 5.75 Å². The molecule has 2 aromatic carbocycles. The molecule has 0 aliphatic carbocycles. The van der Waals surface area contributed by atoms with Crippen molar-refractivity contribution in [1.29, 1.82) is 5.41 Å². The van der Waals surface area contributed by atoms with Crippen molar-refractivity contribution >= 4 is 5.90 Å². The molecule has 2 rings (SSSR count). The Morgan fingerprint density at radius 2 is 1.47 bits per heavy atom. The molecule has 0 radical (unpaired) electrons. The molecule has 0 spiro atoms. The predicted octanol–water partition coefficient (Wildman–Crippen LogP) is 3.48. The second kappa shape index (κ2) is 6.44. The molecule has 4 nitrogen and oxygen atoms in total. The molecule has 0 aromatic heterocycles. The summed E-state index contributed by atoms with van der Waals surface area (Å²) < 4.78 is 15.7. The van der Waals surface area contributed by atoms with Gasteiger partial charge < -0.3 is 14.2 Å². The number of hydrogen-bond donors (Lipinski definition) is 1. The van der Waals surface area contributed by atoms with Gasteiger partial charge in [0, 0.05) is 0 Å². The van der Waals surface area contributed by atoms with Gasteiger partial charge in [-0.3, -0.25) is 5.41 Å². The van der Waals surface area contributed by atoms with Crippen LogP contribution in [-0.2, 0) is 4.74 Å². The monoisotopic (exact) mass is 257 g/mol. The van der Waals surface area contributed by atoms with E-state index < -0.39 is 0 Å². The number of ether oxygens (including phenoxy) is 3. The van der Waals surface area contributed by atoms with Crippen LogP contribution in [0.5, 0.6) is 17.2 Å². The van der Waals surface area contributed by atoms with E-state index >= 15 is 0 Å². The van der Waals surface area contributed by atoms with Crippen molar-refractivity contribution < 1.29 is 14.2 Å². The highest BCUT2D eigenvalue weighted by Gasteiger charge is 2.00. The van der Waals surface area contributed by atoms with E-state index in [9.17, 15) is 0 Å². The fourth-order valence-electron chi connectivity index (χ4n) is 1.44. The van der Waals surface area contributed by atoms with Crippen LogP contribution >= 0.6 is 0 Å². The van der Waals surface area contributed by atoms with Gasteiger partial charge in [-0.15, -0.1) is 0 Å². The first-order valence-corrected chi connectivity index (χ1v) is 5.85. The van der Waals surface area contributed by atoms with Crippen molar-refractivity contribution in [1.82, 2.24) is 0 Å². The fourth-order valence-corrected chi connectivity index (χ4v) is 1.44. The van der Waals surface area contributed by atoms with Crippen molar-refractivity contribution in [2.75, 3.05) is 13.7 Å². The van der Waals surface area contributed by atoms with E-state index in [4.69, 9.17) is 19.6 Å². The van der Waals surface area contributed by atoms with Crippen LogP contribution in [0.3, 0.4) is 0 Å². The van der Waals surface area contributed by atoms with E-state index in [1.54, 1.807) is 12.1 Å². The molecule has 0 bridgehead atoms. The molecule has 19 heavy (non-hydrogen) atoms. The van der Waals surface area contributed by atoms with Gasteiger partial charge in [0.25, 0.3) is 0 Å². The van der Waals surface area contributed by atoms with Crippen LogP contribution in [0, 0.1) is 5.41 Å². The van der Waals surface area contributed by atoms with Crippen LogP contribution < -0.4 is 9.47 Å². The lowest BCUT2D eigenvalue weighted by Crippen LogP contribution is -2.11. The van der Waals surface area contributed by atoms with Gasteiger partial charge in [0.15, 0.2) is 6.61 Å². The molecule has 2 aromatic rings. The summed E-state index contributed by atoms with van der Waals surface area (Å²) in [7, 11) is 1.45. The SMILES string of the molecule is COC(=N)COc1ccc(Oc2ccccc2)cc1. The summed E-state index contributed by atoms with van der Waals surface area (Å²) in [5.74, 6) is 2.28. The maximum absolute atomic E-state index is 7.31. The molecule has 0 fully saturated rings. The summed E-state index contributed by atoms with van der Waals surface area (Å²) in [6.45, 7) is 0.120. The van der Waals surface area contributed by atoms with Crippen molar-refractivity contribution in [2.24, 2.45) is 0 Å². The minimum Gasteiger partial charge on any atom is -0.484 e. The number of para-hydroxylation sites is 1. The molecule has 1 N–H and O–H groups in total. The number of rotatable bonds is 5. The Morgan fingerprint density at radius 1 is 0.895 bits per heavy atom. The van der Waals surface area contributed by atoms with Crippen molar-refractivity contribution in [3.63, 3.8) is 0 Å². The van der Waals surface area contributed by atoms with Crippen LogP contribution in [-0.4, -0.2) is 19.6 Å². The Bertz CT molecular complexity index is 523.